The maximum absolute atomic E-state index is 11.7. The summed E-state index contributed by atoms with van der Waals surface area (Å²) in [7, 11) is -9.58. The predicted molar refractivity (Wildman–Crippen MR) is 74.2 cm³/mol. The van der Waals surface area contributed by atoms with E-state index in [9.17, 15) is 28.7 Å². The molecule has 0 saturated carbocycles. The summed E-state index contributed by atoms with van der Waals surface area (Å²) in [5.74, 6) is 0. The van der Waals surface area contributed by atoms with E-state index in [2.05, 4.69) is 0 Å². The Labute approximate surface area is 114 Å². The summed E-state index contributed by atoms with van der Waals surface area (Å²) in [5.41, 5.74) is 2.23. The fourth-order valence-corrected chi connectivity index (χ4v) is 4.82. The molecule has 0 atom stereocenters. The molecule has 0 unspecified atom stereocenters. The van der Waals surface area contributed by atoms with Crippen LogP contribution < -0.4 is 10.6 Å². The summed E-state index contributed by atoms with van der Waals surface area (Å²) in [6.07, 6.45) is 0. The van der Waals surface area contributed by atoms with Crippen molar-refractivity contribution in [2.45, 2.75) is 0 Å². The average Bonchev–Trinajstić information content (AvgIpc) is 2.32. The van der Waals surface area contributed by atoms with Gasteiger partial charge in [0, 0.05) is 5.56 Å². The minimum Gasteiger partial charge on any atom is -0.321 e. The van der Waals surface area contributed by atoms with Crippen molar-refractivity contribution in [3.63, 3.8) is 0 Å². The molecule has 6 nitrogen and oxygen atoms in total. The van der Waals surface area contributed by atoms with Crippen LogP contribution in [0.2, 0.25) is 0 Å². The normalized spacial score (nSPS) is 13.4. The van der Waals surface area contributed by atoms with Crippen molar-refractivity contribution in [2.24, 2.45) is 0 Å². The molecule has 0 bridgehead atoms. The van der Waals surface area contributed by atoms with E-state index in [1.54, 1.807) is 24.3 Å². The first-order valence-electron chi connectivity index (χ1n) is 5.60. The minimum absolute atomic E-state index is 0.231. The molecule has 0 aliphatic heterocycles. The van der Waals surface area contributed by atoms with E-state index in [-0.39, 0.29) is 5.56 Å². The maximum Gasteiger partial charge on any atom is 0.357 e. The second-order valence-electron chi connectivity index (χ2n) is 4.49. The largest absolute Gasteiger partial charge is 0.357 e. The van der Waals surface area contributed by atoms with E-state index in [0.29, 0.717) is 11.1 Å². The third kappa shape index (κ3) is 1.90. The highest BCUT2D eigenvalue weighted by molar-refractivity contribution is 7.67. The average molecular weight is 312 g/mol. The number of fused-ring (bicyclic) bond motifs is 4. The highest BCUT2D eigenvalue weighted by Gasteiger charge is 2.38. The molecular weight excluding hydrogens is 302 g/mol. The van der Waals surface area contributed by atoms with Gasteiger partial charge in [-0.3, -0.25) is 9.13 Å². The van der Waals surface area contributed by atoms with Gasteiger partial charge in [-0.15, -0.1) is 0 Å². The molecule has 2 aromatic rings. The van der Waals surface area contributed by atoms with Crippen molar-refractivity contribution in [1.29, 1.82) is 0 Å². The van der Waals surface area contributed by atoms with Gasteiger partial charge in [0.2, 0.25) is 0 Å². The lowest BCUT2D eigenvalue weighted by Crippen LogP contribution is -2.29. The van der Waals surface area contributed by atoms with Gasteiger partial charge in [0.1, 0.15) is 0 Å². The van der Waals surface area contributed by atoms with Crippen molar-refractivity contribution >= 4 is 25.8 Å². The van der Waals surface area contributed by atoms with Crippen molar-refractivity contribution in [2.75, 3.05) is 0 Å². The van der Waals surface area contributed by atoms with Gasteiger partial charge in [0.05, 0.1) is 10.6 Å². The van der Waals surface area contributed by atoms with Crippen LogP contribution in [0.15, 0.2) is 36.4 Å². The highest BCUT2D eigenvalue weighted by Crippen LogP contribution is 2.52. The first-order valence-corrected chi connectivity index (χ1v) is 8.83. The van der Waals surface area contributed by atoms with E-state index >= 15 is 0 Å². The first kappa shape index (κ1) is 13.7. The van der Waals surface area contributed by atoms with Crippen molar-refractivity contribution in [3.8, 4) is 22.3 Å². The van der Waals surface area contributed by atoms with Crippen molar-refractivity contribution in [1.82, 2.24) is 0 Å². The first-order chi connectivity index (χ1) is 9.21. The van der Waals surface area contributed by atoms with Gasteiger partial charge in [-0.2, -0.15) is 0 Å². The van der Waals surface area contributed by atoms with Crippen LogP contribution in [0, 0.1) is 0 Å². The fraction of sp³-hybridized carbons (Fsp3) is 0. The second kappa shape index (κ2) is 4.12. The van der Waals surface area contributed by atoms with E-state index in [0.717, 1.165) is 11.6 Å². The maximum atomic E-state index is 11.7. The van der Waals surface area contributed by atoms with Crippen LogP contribution in [0.1, 0.15) is 0 Å². The second-order valence-corrected chi connectivity index (χ2v) is 7.59. The molecule has 1 aliphatic carbocycles. The molecular formula is C12H10O6P2. The van der Waals surface area contributed by atoms with Gasteiger partial charge in [0.25, 0.3) is 0 Å². The highest BCUT2D eigenvalue weighted by atomic mass is 31.2. The van der Waals surface area contributed by atoms with Crippen LogP contribution in [0.5, 0.6) is 0 Å². The molecule has 20 heavy (non-hydrogen) atoms. The summed E-state index contributed by atoms with van der Waals surface area (Å²) in [6.45, 7) is 0. The molecule has 2 aromatic carbocycles. The zero-order chi connectivity index (χ0) is 14.7. The van der Waals surface area contributed by atoms with Gasteiger partial charge < -0.3 is 19.6 Å². The number of benzene rings is 2. The Morgan fingerprint density at radius 1 is 0.700 bits per heavy atom. The standard InChI is InChI=1S/C12H10O6P2/c13-19(14,15)10-6-5-9-7-3-1-2-4-8(7)11(9)12(10)20(16,17)18/h1-6H,(H2,13,14,15)(H2,16,17,18). The Hall–Kier alpha value is -1.26. The Balaban J connectivity index is 2.39. The number of rotatable bonds is 2. The van der Waals surface area contributed by atoms with Gasteiger partial charge in [-0.1, -0.05) is 30.3 Å². The van der Waals surface area contributed by atoms with E-state index in [4.69, 9.17) is 0 Å². The number of hydrogen-bond donors (Lipinski definition) is 4. The summed E-state index contributed by atoms with van der Waals surface area (Å²) in [5, 5.41) is -1.18. The van der Waals surface area contributed by atoms with Gasteiger partial charge in [-0.05, 0) is 22.8 Å². The van der Waals surface area contributed by atoms with E-state index in [1.165, 1.54) is 6.07 Å². The molecule has 0 heterocycles. The Morgan fingerprint density at radius 2 is 1.30 bits per heavy atom. The van der Waals surface area contributed by atoms with Crippen LogP contribution in [-0.2, 0) is 9.13 Å². The van der Waals surface area contributed by atoms with Gasteiger partial charge in [-0.25, -0.2) is 0 Å². The molecule has 104 valence electrons. The third-order valence-electron chi connectivity index (χ3n) is 3.25. The summed E-state index contributed by atoms with van der Waals surface area (Å²) in [6, 6.07) is 9.51. The SMILES string of the molecule is O=P(O)(O)c1ccc2c(c1P(=O)(O)O)-c1ccccc1-2. The predicted octanol–water partition coefficient (Wildman–Crippen LogP) is 0.940. The monoisotopic (exact) mass is 312 g/mol. The molecule has 0 radical (unpaired) electrons. The van der Waals surface area contributed by atoms with Gasteiger partial charge >= 0.3 is 15.2 Å². The smallest absolute Gasteiger partial charge is 0.321 e. The lowest BCUT2D eigenvalue weighted by atomic mass is 9.81. The fourth-order valence-electron chi connectivity index (χ4n) is 2.48. The molecule has 1 aliphatic rings. The van der Waals surface area contributed by atoms with Crippen molar-refractivity contribution in [3.05, 3.63) is 36.4 Å². The van der Waals surface area contributed by atoms with Gasteiger partial charge in [0.15, 0.2) is 0 Å². The topological polar surface area (TPSA) is 115 Å². The molecule has 0 aromatic heterocycles. The Bertz CT molecular complexity index is 817. The summed E-state index contributed by atoms with van der Waals surface area (Å²) < 4.78 is 23.1. The molecule has 3 rings (SSSR count). The summed E-state index contributed by atoms with van der Waals surface area (Å²) in [4.78, 5) is 37.5. The molecule has 0 fully saturated rings. The Kier molecular flexibility index (Phi) is 2.82. The van der Waals surface area contributed by atoms with Crippen LogP contribution in [0.3, 0.4) is 0 Å². The van der Waals surface area contributed by atoms with Crippen LogP contribution >= 0.6 is 15.2 Å². The lowest BCUT2D eigenvalue weighted by Gasteiger charge is -2.28. The van der Waals surface area contributed by atoms with Crippen molar-refractivity contribution < 1.29 is 28.7 Å². The minimum atomic E-state index is -4.81. The molecule has 0 spiro atoms. The summed E-state index contributed by atoms with van der Waals surface area (Å²) >= 11 is 0. The van der Waals surface area contributed by atoms with E-state index < -0.39 is 25.8 Å². The molecule has 4 N–H and O–H groups in total. The molecule has 8 heteroatoms. The Morgan fingerprint density at radius 3 is 1.85 bits per heavy atom. The zero-order valence-electron chi connectivity index (χ0n) is 9.96. The molecule has 0 amide bonds. The van der Waals surface area contributed by atoms with E-state index in [1.807, 2.05) is 0 Å². The van der Waals surface area contributed by atoms with Crippen LogP contribution in [0.25, 0.3) is 22.3 Å². The molecule has 0 saturated heterocycles. The van der Waals surface area contributed by atoms with Crippen LogP contribution in [0.4, 0.5) is 0 Å². The quantitative estimate of drug-likeness (QED) is 0.524. The zero-order valence-corrected chi connectivity index (χ0v) is 11.8. The third-order valence-corrected chi connectivity index (χ3v) is 5.47. The number of hydrogen-bond acceptors (Lipinski definition) is 2. The van der Waals surface area contributed by atoms with Crippen LogP contribution in [-0.4, -0.2) is 19.6 Å². The lowest BCUT2D eigenvalue weighted by molar-refractivity contribution is 0.381.